The molecular weight excluding hydrogens is 179 g/mol. The fourth-order valence-corrected chi connectivity index (χ4v) is 2.12. The third-order valence-electron chi connectivity index (χ3n) is 2.82. The molecule has 1 aromatic rings. The third-order valence-corrected chi connectivity index (χ3v) is 2.82. The number of benzene rings is 1. The maximum Gasteiger partial charge on any atom is 0.123 e. The first-order valence-electron chi connectivity index (χ1n) is 4.86. The molecule has 2 N–H and O–H groups in total. The van der Waals surface area contributed by atoms with Gasteiger partial charge in [-0.3, -0.25) is 0 Å². The molecule has 1 aliphatic rings. The Morgan fingerprint density at radius 2 is 2.21 bits per heavy atom. The van der Waals surface area contributed by atoms with Gasteiger partial charge in [-0.2, -0.15) is 0 Å². The summed E-state index contributed by atoms with van der Waals surface area (Å²) in [4.78, 5) is 2.18. The topological polar surface area (TPSA) is 29.3 Å². The van der Waals surface area contributed by atoms with Crippen LogP contribution in [0.15, 0.2) is 24.3 Å². The van der Waals surface area contributed by atoms with Crippen LogP contribution >= 0.6 is 0 Å². The lowest BCUT2D eigenvalue weighted by molar-refractivity contribution is 0.407. The summed E-state index contributed by atoms with van der Waals surface area (Å²) in [6.07, 6.45) is 0. The summed E-state index contributed by atoms with van der Waals surface area (Å²) < 4.78 is 13.0. The van der Waals surface area contributed by atoms with Crippen LogP contribution in [-0.4, -0.2) is 31.1 Å². The lowest BCUT2D eigenvalue weighted by Gasteiger charge is -2.14. The van der Waals surface area contributed by atoms with Crippen molar-refractivity contribution in [3.05, 3.63) is 35.6 Å². The number of likely N-dealkylation sites (tertiary alicyclic amines) is 1. The minimum atomic E-state index is -0.177. The number of hydrogen-bond donors (Lipinski definition) is 1. The highest BCUT2D eigenvalue weighted by Gasteiger charge is 2.28. The molecule has 1 fully saturated rings. The summed E-state index contributed by atoms with van der Waals surface area (Å²) in [6.45, 7) is 1.81. The largest absolute Gasteiger partial charge is 0.326 e. The van der Waals surface area contributed by atoms with E-state index in [1.807, 2.05) is 13.1 Å². The van der Waals surface area contributed by atoms with E-state index in [0.29, 0.717) is 0 Å². The van der Waals surface area contributed by atoms with Crippen molar-refractivity contribution >= 4 is 0 Å². The van der Waals surface area contributed by atoms with Crippen LogP contribution in [0.1, 0.15) is 11.5 Å². The number of rotatable bonds is 1. The van der Waals surface area contributed by atoms with Gasteiger partial charge in [-0.1, -0.05) is 12.1 Å². The van der Waals surface area contributed by atoms with Crippen molar-refractivity contribution in [2.24, 2.45) is 5.73 Å². The van der Waals surface area contributed by atoms with Gasteiger partial charge in [0.05, 0.1) is 0 Å². The monoisotopic (exact) mass is 194 g/mol. The standard InChI is InChI=1S/C11H15FN2/c1-14-6-10(11(13)7-14)8-3-2-4-9(12)5-8/h2-5,10-11H,6-7,13H2,1H3/t10-,11+/m1/s1. The van der Waals surface area contributed by atoms with Crippen molar-refractivity contribution in [3.63, 3.8) is 0 Å². The van der Waals surface area contributed by atoms with Crippen molar-refractivity contribution in [1.29, 1.82) is 0 Å². The Balaban J connectivity index is 2.23. The summed E-state index contributed by atoms with van der Waals surface area (Å²) in [5.74, 6) is 0.0972. The Kier molecular flexibility index (Phi) is 2.52. The van der Waals surface area contributed by atoms with Crippen LogP contribution in [-0.2, 0) is 0 Å². The molecule has 0 aliphatic carbocycles. The number of halogens is 1. The smallest absolute Gasteiger partial charge is 0.123 e. The van der Waals surface area contributed by atoms with Gasteiger partial charge in [0, 0.05) is 25.0 Å². The molecule has 2 nitrogen and oxygen atoms in total. The highest BCUT2D eigenvalue weighted by Crippen LogP contribution is 2.25. The molecule has 76 valence electrons. The molecule has 2 atom stereocenters. The molecule has 3 heteroatoms. The van der Waals surface area contributed by atoms with Gasteiger partial charge in [0.25, 0.3) is 0 Å². The molecule has 1 aromatic carbocycles. The van der Waals surface area contributed by atoms with E-state index in [1.165, 1.54) is 6.07 Å². The van der Waals surface area contributed by atoms with E-state index in [-0.39, 0.29) is 17.8 Å². The Morgan fingerprint density at radius 1 is 1.43 bits per heavy atom. The first kappa shape index (κ1) is 9.62. The van der Waals surface area contributed by atoms with Crippen LogP contribution in [0.25, 0.3) is 0 Å². The van der Waals surface area contributed by atoms with Gasteiger partial charge < -0.3 is 10.6 Å². The van der Waals surface area contributed by atoms with E-state index in [9.17, 15) is 4.39 Å². The van der Waals surface area contributed by atoms with E-state index in [0.717, 1.165) is 18.7 Å². The molecule has 0 amide bonds. The second-order valence-corrected chi connectivity index (χ2v) is 4.05. The van der Waals surface area contributed by atoms with Gasteiger partial charge in [0.2, 0.25) is 0 Å². The first-order valence-corrected chi connectivity index (χ1v) is 4.86. The summed E-state index contributed by atoms with van der Waals surface area (Å²) in [5.41, 5.74) is 7.00. The van der Waals surface area contributed by atoms with Gasteiger partial charge in [0.1, 0.15) is 5.82 Å². The molecule has 0 aromatic heterocycles. The molecule has 1 aliphatic heterocycles. The van der Waals surface area contributed by atoms with Gasteiger partial charge in [0.15, 0.2) is 0 Å². The Morgan fingerprint density at radius 3 is 2.79 bits per heavy atom. The third kappa shape index (κ3) is 1.79. The molecule has 0 bridgehead atoms. The van der Waals surface area contributed by atoms with E-state index in [4.69, 9.17) is 5.73 Å². The van der Waals surface area contributed by atoms with Crippen LogP contribution in [0.2, 0.25) is 0 Å². The zero-order valence-corrected chi connectivity index (χ0v) is 8.28. The lowest BCUT2D eigenvalue weighted by Crippen LogP contribution is -2.27. The average molecular weight is 194 g/mol. The van der Waals surface area contributed by atoms with Crippen molar-refractivity contribution in [3.8, 4) is 0 Å². The Hall–Kier alpha value is -0.930. The van der Waals surface area contributed by atoms with E-state index in [1.54, 1.807) is 12.1 Å². The Labute approximate surface area is 83.5 Å². The molecule has 1 saturated heterocycles. The molecule has 14 heavy (non-hydrogen) atoms. The predicted octanol–water partition coefficient (Wildman–Crippen LogP) is 1.18. The normalized spacial score (nSPS) is 28.2. The number of likely N-dealkylation sites (N-methyl/N-ethyl adjacent to an activating group) is 1. The first-order chi connectivity index (χ1) is 6.66. The zero-order chi connectivity index (χ0) is 10.1. The second-order valence-electron chi connectivity index (χ2n) is 4.05. The number of hydrogen-bond acceptors (Lipinski definition) is 2. The second kappa shape index (κ2) is 3.67. The van der Waals surface area contributed by atoms with Gasteiger partial charge in [-0.15, -0.1) is 0 Å². The minimum absolute atomic E-state index is 0.127. The van der Waals surface area contributed by atoms with Crippen molar-refractivity contribution in [1.82, 2.24) is 4.90 Å². The molecule has 0 unspecified atom stereocenters. The lowest BCUT2D eigenvalue weighted by atomic mass is 9.95. The minimum Gasteiger partial charge on any atom is -0.326 e. The van der Waals surface area contributed by atoms with E-state index in [2.05, 4.69) is 4.90 Å². The summed E-state index contributed by atoms with van der Waals surface area (Å²) in [6, 6.07) is 6.88. The molecular formula is C11H15FN2. The average Bonchev–Trinajstić information content (AvgIpc) is 2.45. The van der Waals surface area contributed by atoms with Crippen molar-refractivity contribution in [2.75, 3.05) is 20.1 Å². The number of nitrogens with zero attached hydrogens (tertiary/aromatic N) is 1. The van der Waals surface area contributed by atoms with E-state index < -0.39 is 0 Å². The molecule has 0 radical (unpaired) electrons. The fraction of sp³-hybridized carbons (Fsp3) is 0.455. The molecule has 0 saturated carbocycles. The van der Waals surface area contributed by atoms with Gasteiger partial charge >= 0.3 is 0 Å². The van der Waals surface area contributed by atoms with Crippen LogP contribution in [0.3, 0.4) is 0 Å². The highest BCUT2D eigenvalue weighted by molar-refractivity contribution is 5.24. The van der Waals surface area contributed by atoms with Crippen molar-refractivity contribution in [2.45, 2.75) is 12.0 Å². The maximum atomic E-state index is 13.0. The van der Waals surface area contributed by atoms with Gasteiger partial charge in [-0.05, 0) is 24.7 Å². The Bertz CT molecular complexity index is 327. The molecule has 1 heterocycles. The summed E-state index contributed by atoms with van der Waals surface area (Å²) >= 11 is 0. The van der Waals surface area contributed by atoms with Crippen LogP contribution in [0.5, 0.6) is 0 Å². The maximum absolute atomic E-state index is 13.0. The number of nitrogens with two attached hydrogens (primary N) is 1. The highest BCUT2D eigenvalue weighted by atomic mass is 19.1. The van der Waals surface area contributed by atoms with Crippen LogP contribution in [0.4, 0.5) is 4.39 Å². The molecule has 2 rings (SSSR count). The van der Waals surface area contributed by atoms with Crippen molar-refractivity contribution < 1.29 is 4.39 Å². The van der Waals surface area contributed by atoms with Crippen LogP contribution < -0.4 is 5.73 Å². The predicted molar refractivity (Wildman–Crippen MR) is 54.6 cm³/mol. The quantitative estimate of drug-likeness (QED) is 0.727. The molecule has 0 spiro atoms. The SMILES string of the molecule is CN1C[C@H](c2cccc(F)c2)[C@@H](N)C1. The van der Waals surface area contributed by atoms with Gasteiger partial charge in [-0.25, -0.2) is 4.39 Å². The summed E-state index contributed by atoms with van der Waals surface area (Å²) in [7, 11) is 2.04. The fourth-order valence-electron chi connectivity index (χ4n) is 2.12. The van der Waals surface area contributed by atoms with Crippen LogP contribution in [0, 0.1) is 5.82 Å². The zero-order valence-electron chi connectivity index (χ0n) is 8.28. The summed E-state index contributed by atoms with van der Waals surface area (Å²) in [5, 5.41) is 0. The van der Waals surface area contributed by atoms with E-state index >= 15 is 0 Å².